The first kappa shape index (κ1) is 15.7. The van der Waals surface area contributed by atoms with E-state index in [1.165, 1.54) is 0 Å². The van der Waals surface area contributed by atoms with E-state index in [1.807, 2.05) is 6.92 Å². The van der Waals surface area contributed by atoms with E-state index >= 15 is 0 Å². The van der Waals surface area contributed by atoms with Crippen LogP contribution in [0.3, 0.4) is 0 Å². The number of ketones is 1. The fourth-order valence-corrected chi connectivity index (χ4v) is 2.39. The van der Waals surface area contributed by atoms with Gasteiger partial charge in [-0.15, -0.1) is 11.8 Å². The van der Waals surface area contributed by atoms with Crippen molar-refractivity contribution in [3.63, 3.8) is 0 Å². The van der Waals surface area contributed by atoms with Crippen LogP contribution in [0.15, 0.2) is 30.3 Å². The Hall–Kier alpha value is -1.37. The fraction of sp³-hybridized carbons (Fsp3) is 0.385. The molecule has 0 heterocycles. The lowest BCUT2D eigenvalue weighted by molar-refractivity contribution is -0.146. The Labute approximate surface area is 115 Å². The summed E-state index contributed by atoms with van der Waals surface area (Å²) in [5.74, 6) is -1.92. The molecule has 1 aromatic rings. The van der Waals surface area contributed by atoms with Crippen molar-refractivity contribution in [1.82, 2.24) is 0 Å². The summed E-state index contributed by atoms with van der Waals surface area (Å²) in [5, 5.41) is 19.1. The van der Waals surface area contributed by atoms with Crippen molar-refractivity contribution in [1.29, 1.82) is 0 Å². The van der Waals surface area contributed by atoms with Gasteiger partial charge in [0.2, 0.25) is 10.7 Å². The minimum Gasteiger partial charge on any atom is -0.479 e. The number of hydrogen-bond donors (Lipinski definition) is 3. The Morgan fingerprint density at radius 3 is 2.42 bits per heavy atom. The third-order valence-electron chi connectivity index (χ3n) is 2.58. The van der Waals surface area contributed by atoms with E-state index in [0.29, 0.717) is 17.7 Å². The number of aliphatic hydroxyl groups is 1. The lowest BCUT2D eigenvalue weighted by atomic mass is 10.0. The van der Waals surface area contributed by atoms with Crippen LogP contribution in [0, 0.1) is 0 Å². The normalized spacial score (nSPS) is 15.5. The highest BCUT2D eigenvalue weighted by Crippen LogP contribution is 2.28. The third-order valence-corrected chi connectivity index (χ3v) is 4.02. The zero-order valence-corrected chi connectivity index (χ0v) is 11.4. The van der Waals surface area contributed by atoms with Gasteiger partial charge in [0, 0.05) is 0 Å². The Kier molecular flexibility index (Phi) is 5.53. The third kappa shape index (κ3) is 3.56. The highest BCUT2D eigenvalue weighted by molar-refractivity contribution is 8.02. The van der Waals surface area contributed by atoms with Crippen LogP contribution < -0.4 is 5.73 Å². The summed E-state index contributed by atoms with van der Waals surface area (Å²) in [6.45, 7) is 1.85. The minimum absolute atomic E-state index is 0.334. The summed E-state index contributed by atoms with van der Waals surface area (Å²) in [6, 6.07) is 8.15. The van der Waals surface area contributed by atoms with Gasteiger partial charge in [-0.1, -0.05) is 37.3 Å². The van der Waals surface area contributed by atoms with Gasteiger partial charge in [0.1, 0.15) is 6.10 Å². The second kappa shape index (κ2) is 6.70. The highest BCUT2D eigenvalue weighted by Gasteiger charge is 2.45. The smallest absolute Gasteiger partial charge is 0.342 e. The van der Waals surface area contributed by atoms with E-state index in [1.54, 1.807) is 30.3 Å². The van der Waals surface area contributed by atoms with Gasteiger partial charge in [-0.05, 0) is 17.7 Å². The topological polar surface area (TPSA) is 101 Å². The predicted octanol–water partition coefficient (Wildman–Crippen LogP) is 1.17. The number of nitrogens with two attached hydrogens (primary N) is 1. The number of carbonyl (C=O) groups is 2. The first-order chi connectivity index (χ1) is 8.93. The van der Waals surface area contributed by atoms with Crippen molar-refractivity contribution in [3.8, 4) is 0 Å². The molecular weight excluding hydrogens is 266 g/mol. The van der Waals surface area contributed by atoms with Crippen molar-refractivity contribution < 1.29 is 19.8 Å². The number of benzene rings is 1. The van der Waals surface area contributed by atoms with Crippen LogP contribution in [0.5, 0.6) is 0 Å². The highest BCUT2D eigenvalue weighted by atomic mass is 32.2. The average molecular weight is 283 g/mol. The molecule has 19 heavy (non-hydrogen) atoms. The van der Waals surface area contributed by atoms with E-state index in [0.717, 1.165) is 11.8 Å². The zero-order valence-electron chi connectivity index (χ0n) is 10.6. The molecule has 0 bridgehead atoms. The average Bonchev–Trinajstić information content (AvgIpc) is 2.43. The molecule has 0 fully saturated rings. The molecule has 0 aromatic heterocycles. The predicted molar refractivity (Wildman–Crippen MR) is 73.7 cm³/mol. The van der Waals surface area contributed by atoms with Crippen LogP contribution in [0.4, 0.5) is 0 Å². The number of carboxylic acid groups (broad SMARTS) is 1. The van der Waals surface area contributed by atoms with Crippen molar-refractivity contribution in [3.05, 3.63) is 35.9 Å². The first-order valence-electron chi connectivity index (χ1n) is 5.87. The van der Waals surface area contributed by atoms with Crippen molar-refractivity contribution in [2.75, 3.05) is 5.75 Å². The van der Waals surface area contributed by atoms with Gasteiger partial charge in [-0.2, -0.15) is 0 Å². The number of thioether (sulfide) groups is 1. The van der Waals surface area contributed by atoms with Crippen molar-refractivity contribution >= 4 is 23.5 Å². The van der Waals surface area contributed by atoms with Crippen LogP contribution in [0.1, 0.15) is 25.0 Å². The molecule has 5 nitrogen and oxygen atoms in total. The van der Waals surface area contributed by atoms with Crippen molar-refractivity contribution in [2.45, 2.75) is 24.3 Å². The van der Waals surface area contributed by atoms with E-state index in [4.69, 9.17) is 10.8 Å². The lowest BCUT2D eigenvalue weighted by Gasteiger charge is -2.25. The number of carboxylic acids is 1. The van der Waals surface area contributed by atoms with Gasteiger partial charge < -0.3 is 15.9 Å². The Morgan fingerprint density at radius 1 is 1.37 bits per heavy atom. The number of carbonyl (C=O) groups excluding carboxylic acids is 1. The van der Waals surface area contributed by atoms with Crippen LogP contribution in [0.25, 0.3) is 0 Å². The molecule has 1 rings (SSSR count). The summed E-state index contributed by atoms with van der Waals surface area (Å²) >= 11 is 0.832. The summed E-state index contributed by atoms with van der Waals surface area (Å²) in [6.07, 6.45) is -0.849. The van der Waals surface area contributed by atoms with Crippen LogP contribution in [-0.2, 0) is 9.59 Å². The molecule has 0 amide bonds. The van der Waals surface area contributed by atoms with Crippen LogP contribution >= 0.6 is 11.8 Å². The molecule has 4 N–H and O–H groups in total. The lowest BCUT2D eigenvalue weighted by Crippen LogP contribution is -2.54. The molecule has 0 saturated heterocycles. The Morgan fingerprint density at radius 2 is 1.95 bits per heavy atom. The van der Waals surface area contributed by atoms with Gasteiger partial charge >= 0.3 is 5.97 Å². The number of rotatable bonds is 7. The Bertz CT molecular complexity index is 451. The molecule has 0 saturated carbocycles. The number of aliphatic hydroxyl groups excluding tert-OH is 1. The van der Waals surface area contributed by atoms with Gasteiger partial charge in [-0.25, -0.2) is 4.79 Å². The molecular formula is C13H17NO4S. The molecule has 2 atom stereocenters. The molecule has 0 aliphatic rings. The number of aliphatic carboxylic acids is 1. The van der Waals surface area contributed by atoms with Crippen LogP contribution in [-0.4, -0.2) is 32.6 Å². The fourth-order valence-electron chi connectivity index (χ4n) is 1.49. The molecule has 0 aliphatic heterocycles. The van der Waals surface area contributed by atoms with Gasteiger partial charge in [-0.3, -0.25) is 4.79 Å². The zero-order chi connectivity index (χ0) is 14.5. The largest absolute Gasteiger partial charge is 0.479 e. The molecule has 0 aliphatic carbocycles. The van der Waals surface area contributed by atoms with E-state index in [-0.39, 0.29) is 0 Å². The molecule has 0 radical (unpaired) electrons. The maximum Gasteiger partial charge on any atom is 0.342 e. The quantitative estimate of drug-likeness (QED) is 0.513. The second-order valence-electron chi connectivity index (χ2n) is 4.07. The molecule has 0 spiro atoms. The summed E-state index contributed by atoms with van der Waals surface area (Å²) in [4.78, 5) is 21.2. The van der Waals surface area contributed by atoms with E-state index in [9.17, 15) is 14.7 Å². The maximum absolute atomic E-state index is 12.1. The Balaban J connectivity index is 2.97. The number of hydrogen-bond acceptors (Lipinski definition) is 5. The van der Waals surface area contributed by atoms with E-state index in [2.05, 4.69) is 0 Å². The monoisotopic (exact) mass is 283 g/mol. The van der Waals surface area contributed by atoms with E-state index < -0.39 is 22.7 Å². The summed E-state index contributed by atoms with van der Waals surface area (Å²) in [5.41, 5.74) is 6.00. The standard InChI is InChI=1S/C13H17NO4S/c1-2-8-19-13(14,12(17)18)11(16)10(15)9-6-4-3-5-7-9/h3-7,10,15H,2,8,14H2,1H3,(H,17,18). The SMILES string of the molecule is CCCSC(N)(C(=O)O)C(=O)C(O)c1ccccc1. The molecule has 104 valence electrons. The molecule has 1 aromatic carbocycles. The molecule has 6 heteroatoms. The minimum atomic E-state index is -2.12. The van der Waals surface area contributed by atoms with Gasteiger partial charge in [0.25, 0.3) is 0 Å². The second-order valence-corrected chi connectivity index (χ2v) is 5.41. The van der Waals surface area contributed by atoms with Gasteiger partial charge in [0.15, 0.2) is 0 Å². The number of Topliss-reactive ketones (excluding diaryl/α,β-unsaturated/α-hetero) is 1. The summed E-state index contributed by atoms with van der Waals surface area (Å²) in [7, 11) is 0. The maximum atomic E-state index is 12.1. The van der Waals surface area contributed by atoms with Crippen LogP contribution in [0.2, 0.25) is 0 Å². The van der Waals surface area contributed by atoms with Crippen molar-refractivity contribution in [2.24, 2.45) is 5.73 Å². The van der Waals surface area contributed by atoms with Gasteiger partial charge in [0.05, 0.1) is 0 Å². The molecule has 2 unspecified atom stereocenters. The first-order valence-corrected chi connectivity index (χ1v) is 6.85. The summed E-state index contributed by atoms with van der Waals surface area (Å²) < 4.78 is 0.